The molecule has 2 nitrogen and oxygen atoms in total. The maximum absolute atomic E-state index is 10.3. The van der Waals surface area contributed by atoms with Crippen LogP contribution in [-0.4, -0.2) is 34.7 Å². The maximum atomic E-state index is 10.3. The molecule has 1 saturated heterocycles. The van der Waals surface area contributed by atoms with E-state index in [1.54, 1.807) is 0 Å². The molecule has 2 heteroatoms. The molecule has 16 heavy (non-hydrogen) atoms. The lowest BCUT2D eigenvalue weighted by molar-refractivity contribution is -0.134. The third-order valence-corrected chi connectivity index (χ3v) is 5.20. The van der Waals surface area contributed by atoms with E-state index in [1.165, 1.54) is 44.9 Å². The zero-order valence-electron chi connectivity index (χ0n) is 10.5. The Kier molecular flexibility index (Phi) is 2.75. The molecular formula is C14H25NO. The van der Waals surface area contributed by atoms with Gasteiger partial charge in [0.05, 0.1) is 5.60 Å². The summed E-state index contributed by atoms with van der Waals surface area (Å²) >= 11 is 0. The van der Waals surface area contributed by atoms with Crippen molar-refractivity contribution in [1.29, 1.82) is 0 Å². The summed E-state index contributed by atoms with van der Waals surface area (Å²) in [6, 6.07) is 0.793. The van der Waals surface area contributed by atoms with E-state index in [1.807, 2.05) is 0 Å². The van der Waals surface area contributed by atoms with E-state index in [4.69, 9.17) is 0 Å². The fourth-order valence-electron chi connectivity index (χ4n) is 3.71. The first-order chi connectivity index (χ1) is 7.71. The molecule has 0 atom stereocenters. The highest BCUT2D eigenvalue weighted by Crippen LogP contribution is 2.46. The Morgan fingerprint density at radius 1 is 1.06 bits per heavy atom. The lowest BCUT2D eigenvalue weighted by Gasteiger charge is -2.52. The van der Waals surface area contributed by atoms with E-state index >= 15 is 0 Å². The van der Waals surface area contributed by atoms with Crippen LogP contribution < -0.4 is 0 Å². The Morgan fingerprint density at radius 2 is 1.69 bits per heavy atom. The van der Waals surface area contributed by atoms with Gasteiger partial charge in [0.1, 0.15) is 0 Å². The van der Waals surface area contributed by atoms with E-state index in [0.29, 0.717) is 5.92 Å². The van der Waals surface area contributed by atoms with Gasteiger partial charge in [-0.25, -0.2) is 0 Å². The number of likely N-dealkylation sites (tertiary alicyclic amines) is 1. The predicted octanol–water partition coefficient (Wildman–Crippen LogP) is 2.41. The van der Waals surface area contributed by atoms with Gasteiger partial charge < -0.3 is 5.11 Å². The third kappa shape index (κ3) is 1.91. The molecule has 1 aliphatic heterocycles. The van der Waals surface area contributed by atoms with Crippen molar-refractivity contribution < 1.29 is 5.11 Å². The Balaban J connectivity index is 1.46. The van der Waals surface area contributed by atoms with Crippen LogP contribution in [0.3, 0.4) is 0 Å². The van der Waals surface area contributed by atoms with Gasteiger partial charge in [-0.3, -0.25) is 4.90 Å². The second kappa shape index (κ2) is 3.99. The number of hydrogen-bond donors (Lipinski definition) is 1. The minimum absolute atomic E-state index is 0.276. The Labute approximate surface area is 99.0 Å². The number of nitrogens with zero attached hydrogens (tertiary/aromatic N) is 1. The van der Waals surface area contributed by atoms with Crippen molar-refractivity contribution in [3.63, 3.8) is 0 Å². The zero-order chi connectivity index (χ0) is 11.2. The molecular weight excluding hydrogens is 198 g/mol. The van der Waals surface area contributed by atoms with Crippen molar-refractivity contribution in [1.82, 2.24) is 4.90 Å². The minimum Gasteiger partial charge on any atom is -0.387 e. The van der Waals surface area contributed by atoms with E-state index in [2.05, 4.69) is 11.8 Å². The Bertz CT molecular complexity index is 247. The largest absolute Gasteiger partial charge is 0.387 e. The molecule has 0 aromatic carbocycles. The van der Waals surface area contributed by atoms with Crippen LogP contribution in [0.25, 0.3) is 0 Å². The van der Waals surface area contributed by atoms with Gasteiger partial charge in [0.2, 0.25) is 0 Å². The van der Waals surface area contributed by atoms with Gasteiger partial charge in [-0.15, -0.1) is 0 Å². The van der Waals surface area contributed by atoms with E-state index in [-0.39, 0.29) is 5.60 Å². The van der Waals surface area contributed by atoms with Crippen molar-refractivity contribution in [3.05, 3.63) is 0 Å². The van der Waals surface area contributed by atoms with Crippen LogP contribution in [0.5, 0.6) is 0 Å². The number of aliphatic hydroxyl groups is 1. The van der Waals surface area contributed by atoms with E-state index < -0.39 is 0 Å². The summed E-state index contributed by atoms with van der Waals surface area (Å²) in [7, 11) is 0. The smallest absolute Gasteiger partial charge is 0.0928 e. The summed E-state index contributed by atoms with van der Waals surface area (Å²) in [5, 5.41) is 10.3. The second-order valence-corrected chi connectivity index (χ2v) is 6.37. The molecule has 92 valence electrons. The fourth-order valence-corrected chi connectivity index (χ4v) is 3.71. The predicted molar refractivity (Wildman–Crippen MR) is 65.3 cm³/mol. The maximum Gasteiger partial charge on any atom is 0.0928 e. The highest BCUT2D eigenvalue weighted by Gasteiger charge is 2.53. The molecule has 3 aliphatic rings. The minimum atomic E-state index is -0.276. The number of hydrogen-bond acceptors (Lipinski definition) is 2. The average Bonchev–Trinajstić information content (AvgIpc) is 3.09. The van der Waals surface area contributed by atoms with Crippen LogP contribution in [0.4, 0.5) is 0 Å². The van der Waals surface area contributed by atoms with Gasteiger partial charge >= 0.3 is 0 Å². The van der Waals surface area contributed by atoms with Crippen LogP contribution in [0.15, 0.2) is 0 Å². The molecule has 0 aromatic heterocycles. The molecule has 0 radical (unpaired) electrons. The van der Waals surface area contributed by atoms with Crippen LogP contribution in [0, 0.1) is 11.8 Å². The number of rotatable bonds is 3. The highest BCUT2D eigenvalue weighted by atomic mass is 16.3. The average molecular weight is 223 g/mol. The molecule has 0 amide bonds. The van der Waals surface area contributed by atoms with Crippen molar-refractivity contribution in [2.45, 2.75) is 63.5 Å². The first-order valence-corrected chi connectivity index (χ1v) is 7.17. The van der Waals surface area contributed by atoms with Crippen LogP contribution >= 0.6 is 0 Å². The Morgan fingerprint density at radius 3 is 2.19 bits per heavy atom. The van der Waals surface area contributed by atoms with Gasteiger partial charge in [-0.05, 0) is 50.4 Å². The lowest BCUT2D eigenvalue weighted by atomic mass is 9.80. The molecule has 3 fully saturated rings. The first kappa shape index (κ1) is 11.0. The van der Waals surface area contributed by atoms with E-state index in [9.17, 15) is 5.11 Å². The van der Waals surface area contributed by atoms with Gasteiger partial charge in [-0.1, -0.05) is 13.3 Å². The van der Waals surface area contributed by atoms with Gasteiger partial charge in [0.15, 0.2) is 0 Å². The molecule has 0 spiro atoms. The van der Waals surface area contributed by atoms with Crippen molar-refractivity contribution >= 4 is 0 Å². The van der Waals surface area contributed by atoms with Crippen molar-refractivity contribution in [2.75, 3.05) is 13.1 Å². The highest BCUT2D eigenvalue weighted by molar-refractivity contribution is 5.07. The SMILES string of the molecule is CCC1CCC(N2CC(O)(C3CC3)C2)CC1. The summed E-state index contributed by atoms with van der Waals surface area (Å²) in [6.45, 7) is 4.26. The van der Waals surface area contributed by atoms with Gasteiger partial charge in [0, 0.05) is 19.1 Å². The summed E-state index contributed by atoms with van der Waals surface area (Å²) in [5.41, 5.74) is -0.276. The molecule has 1 N–H and O–H groups in total. The fraction of sp³-hybridized carbons (Fsp3) is 1.00. The second-order valence-electron chi connectivity index (χ2n) is 6.37. The summed E-state index contributed by atoms with van der Waals surface area (Å²) in [6.07, 6.45) is 9.48. The molecule has 1 heterocycles. The Hall–Kier alpha value is -0.0800. The van der Waals surface area contributed by atoms with Crippen molar-refractivity contribution in [3.8, 4) is 0 Å². The van der Waals surface area contributed by atoms with Crippen LogP contribution in [0.2, 0.25) is 0 Å². The molecule has 2 saturated carbocycles. The lowest BCUT2D eigenvalue weighted by Crippen LogP contribution is -2.66. The van der Waals surface area contributed by atoms with Crippen molar-refractivity contribution in [2.24, 2.45) is 11.8 Å². The topological polar surface area (TPSA) is 23.5 Å². The molecule has 0 bridgehead atoms. The third-order valence-electron chi connectivity index (χ3n) is 5.20. The quantitative estimate of drug-likeness (QED) is 0.794. The molecule has 2 aliphatic carbocycles. The first-order valence-electron chi connectivity index (χ1n) is 7.17. The van der Waals surface area contributed by atoms with Gasteiger partial charge in [0.25, 0.3) is 0 Å². The monoisotopic (exact) mass is 223 g/mol. The summed E-state index contributed by atoms with van der Waals surface area (Å²) in [5.74, 6) is 1.63. The van der Waals surface area contributed by atoms with Gasteiger partial charge in [-0.2, -0.15) is 0 Å². The molecule has 3 rings (SSSR count). The standard InChI is InChI=1S/C14H25NO/c1-2-11-3-7-13(8-4-11)15-9-14(16,10-15)12-5-6-12/h11-13,16H,2-10H2,1H3. The molecule has 0 unspecified atom stereocenters. The van der Waals surface area contributed by atoms with Crippen LogP contribution in [-0.2, 0) is 0 Å². The summed E-state index contributed by atoms with van der Waals surface area (Å²) in [4.78, 5) is 2.55. The molecule has 0 aromatic rings. The zero-order valence-corrected chi connectivity index (χ0v) is 10.5. The van der Waals surface area contributed by atoms with Crippen LogP contribution in [0.1, 0.15) is 51.9 Å². The van der Waals surface area contributed by atoms with E-state index in [0.717, 1.165) is 25.0 Å². The number of β-amino-alcohol motifs (C(OH)–C–C–N with tert-alkyl or cyclic N) is 1. The normalized spacial score (nSPS) is 39.4. The summed E-state index contributed by atoms with van der Waals surface area (Å²) < 4.78 is 0.